The number of amides is 1. The van der Waals surface area contributed by atoms with E-state index in [0.29, 0.717) is 42.2 Å². The number of aliphatic hydroxyl groups is 2. The summed E-state index contributed by atoms with van der Waals surface area (Å²) < 4.78 is 19.7. The number of halogens is 1. The number of ether oxygens (including phenoxy) is 1. The zero-order valence-electron chi connectivity index (χ0n) is 17.4. The van der Waals surface area contributed by atoms with Crippen LogP contribution < -0.4 is 5.32 Å². The topological polar surface area (TPSA) is 82.0 Å². The summed E-state index contributed by atoms with van der Waals surface area (Å²) in [4.78, 5) is 15.7. The number of thiophene rings is 1. The molecule has 31 heavy (non-hydrogen) atoms. The molecule has 4 rings (SSSR count). The number of hydrogen-bond acceptors (Lipinski definition) is 6. The van der Waals surface area contributed by atoms with Crippen molar-refractivity contribution in [1.29, 1.82) is 0 Å². The van der Waals surface area contributed by atoms with Crippen LogP contribution in [0.2, 0.25) is 0 Å². The molecule has 8 heteroatoms. The average Bonchev–Trinajstić information content (AvgIpc) is 3.36. The number of rotatable bonds is 7. The van der Waals surface area contributed by atoms with E-state index in [1.807, 2.05) is 30.2 Å². The Kier molecular flexibility index (Phi) is 5.98. The molecule has 6 nitrogen and oxygen atoms in total. The van der Waals surface area contributed by atoms with E-state index in [1.165, 1.54) is 12.1 Å². The van der Waals surface area contributed by atoms with Crippen molar-refractivity contribution in [3.63, 3.8) is 0 Å². The zero-order chi connectivity index (χ0) is 22.2. The third kappa shape index (κ3) is 4.29. The monoisotopic (exact) mass is 444 g/mol. The molecule has 1 aromatic carbocycles. The smallest absolute Gasteiger partial charge is 0.260 e. The second-order valence-electron chi connectivity index (χ2n) is 8.08. The Hall–Kier alpha value is -2.52. The Morgan fingerprint density at radius 1 is 1.19 bits per heavy atom. The molecule has 0 saturated carbocycles. The summed E-state index contributed by atoms with van der Waals surface area (Å²) in [5.41, 5.74) is 2.80. The first-order valence-electron chi connectivity index (χ1n) is 10.1. The number of nitrogens with zero attached hydrogens (tertiary/aromatic N) is 1. The lowest BCUT2D eigenvalue weighted by atomic mass is 9.94. The van der Waals surface area contributed by atoms with Gasteiger partial charge in [-0.3, -0.25) is 9.69 Å². The summed E-state index contributed by atoms with van der Waals surface area (Å²) in [6.45, 7) is 5.60. The standard InChI is InChI=1S/C23H25FN2O4S/c1-23(2)18(14-9-16(31-13-14)12-26(5-7-27)6-8-28)11-20(30-23)21-17-4-3-15(24)10-19(17)25-22(21)29/h3-4,9-11,13,27-28H,5-8,12H2,1-2H3,(H,25,29). The molecule has 0 unspecified atom stereocenters. The van der Waals surface area contributed by atoms with Gasteiger partial charge in [-0.05, 0) is 55.1 Å². The van der Waals surface area contributed by atoms with Crippen molar-refractivity contribution in [2.24, 2.45) is 0 Å². The SMILES string of the molecule is CC1(C)OC(=C2C(=O)Nc3cc(F)ccc32)C=C1c1csc(CN(CCO)CCO)c1. The molecule has 2 aromatic rings. The summed E-state index contributed by atoms with van der Waals surface area (Å²) >= 11 is 1.60. The second kappa shape index (κ2) is 8.55. The van der Waals surface area contributed by atoms with E-state index < -0.39 is 11.4 Å². The van der Waals surface area contributed by atoms with E-state index in [4.69, 9.17) is 4.74 Å². The molecule has 0 atom stereocenters. The lowest BCUT2D eigenvalue weighted by molar-refractivity contribution is -0.111. The van der Waals surface area contributed by atoms with Crippen molar-refractivity contribution in [3.8, 4) is 0 Å². The van der Waals surface area contributed by atoms with Gasteiger partial charge in [0.25, 0.3) is 5.91 Å². The minimum absolute atomic E-state index is 0.0363. The molecular weight excluding hydrogens is 419 g/mol. The van der Waals surface area contributed by atoms with Crippen LogP contribution in [-0.4, -0.2) is 52.9 Å². The highest BCUT2D eigenvalue weighted by Gasteiger charge is 2.38. The van der Waals surface area contributed by atoms with Crippen LogP contribution in [0.3, 0.4) is 0 Å². The van der Waals surface area contributed by atoms with Gasteiger partial charge in [0.15, 0.2) is 0 Å². The molecule has 2 aliphatic rings. The fourth-order valence-corrected chi connectivity index (χ4v) is 4.91. The normalized spacial score (nSPS) is 19.4. The number of carbonyl (C=O) groups is 1. The van der Waals surface area contributed by atoms with E-state index in [9.17, 15) is 19.4 Å². The van der Waals surface area contributed by atoms with Crippen LogP contribution in [0.1, 0.15) is 29.9 Å². The molecule has 3 N–H and O–H groups in total. The number of nitrogens with one attached hydrogen (secondary N) is 1. The van der Waals surface area contributed by atoms with Crippen LogP contribution in [0, 0.1) is 5.82 Å². The van der Waals surface area contributed by atoms with Crippen molar-refractivity contribution in [2.45, 2.75) is 26.0 Å². The molecule has 0 spiro atoms. The highest BCUT2D eigenvalue weighted by molar-refractivity contribution is 7.10. The molecule has 0 aliphatic carbocycles. The van der Waals surface area contributed by atoms with Gasteiger partial charge in [-0.2, -0.15) is 0 Å². The van der Waals surface area contributed by atoms with Crippen LogP contribution in [0.15, 0.2) is 41.5 Å². The molecule has 2 aliphatic heterocycles. The Labute approximate surface area is 184 Å². The van der Waals surface area contributed by atoms with Gasteiger partial charge >= 0.3 is 0 Å². The summed E-state index contributed by atoms with van der Waals surface area (Å²) in [5, 5.41) is 23.2. The van der Waals surface area contributed by atoms with Gasteiger partial charge in [-0.25, -0.2) is 4.39 Å². The van der Waals surface area contributed by atoms with Crippen molar-refractivity contribution in [3.05, 3.63) is 63.3 Å². The lowest BCUT2D eigenvalue weighted by Crippen LogP contribution is -2.29. The highest BCUT2D eigenvalue weighted by Crippen LogP contribution is 2.45. The maximum absolute atomic E-state index is 13.5. The fourth-order valence-electron chi connectivity index (χ4n) is 3.99. The minimum Gasteiger partial charge on any atom is -0.482 e. The predicted molar refractivity (Wildman–Crippen MR) is 119 cm³/mol. The van der Waals surface area contributed by atoms with Crippen LogP contribution in [0.4, 0.5) is 10.1 Å². The first-order chi connectivity index (χ1) is 14.8. The quantitative estimate of drug-likeness (QED) is 0.572. The third-order valence-electron chi connectivity index (χ3n) is 5.44. The summed E-state index contributed by atoms with van der Waals surface area (Å²) in [5.74, 6) is -0.243. The molecule has 0 saturated heterocycles. The largest absolute Gasteiger partial charge is 0.482 e. The molecule has 1 aromatic heterocycles. The summed E-state index contributed by atoms with van der Waals surface area (Å²) in [7, 11) is 0. The van der Waals surface area contributed by atoms with E-state index in [0.717, 1.165) is 16.0 Å². The van der Waals surface area contributed by atoms with E-state index >= 15 is 0 Å². The second-order valence-corrected chi connectivity index (χ2v) is 9.07. The molecule has 0 fully saturated rings. The molecule has 1 amide bonds. The lowest BCUT2D eigenvalue weighted by Gasteiger charge is -2.23. The number of benzene rings is 1. The fraction of sp³-hybridized carbons (Fsp3) is 0.348. The van der Waals surface area contributed by atoms with Gasteiger partial charge in [0.05, 0.1) is 24.5 Å². The van der Waals surface area contributed by atoms with Gasteiger partial charge in [-0.15, -0.1) is 11.3 Å². The van der Waals surface area contributed by atoms with Crippen molar-refractivity contribution in [1.82, 2.24) is 4.90 Å². The number of fused-ring (bicyclic) bond motifs is 1. The van der Waals surface area contributed by atoms with Crippen LogP contribution >= 0.6 is 11.3 Å². The first-order valence-corrected chi connectivity index (χ1v) is 11.0. The Bertz CT molecular complexity index is 1070. The minimum atomic E-state index is -0.639. The van der Waals surface area contributed by atoms with E-state index in [2.05, 4.69) is 11.4 Å². The van der Waals surface area contributed by atoms with Crippen molar-refractivity contribution in [2.75, 3.05) is 31.6 Å². The van der Waals surface area contributed by atoms with E-state index in [1.54, 1.807) is 17.4 Å². The number of allylic oxidation sites excluding steroid dienone is 1. The molecule has 0 bridgehead atoms. The maximum atomic E-state index is 13.5. The van der Waals surface area contributed by atoms with E-state index in [-0.39, 0.29) is 19.1 Å². The molecule has 164 valence electrons. The summed E-state index contributed by atoms with van der Waals surface area (Å²) in [6, 6.07) is 6.31. The summed E-state index contributed by atoms with van der Waals surface area (Å²) in [6.07, 6.45) is 1.89. The Morgan fingerprint density at radius 3 is 2.65 bits per heavy atom. The van der Waals surface area contributed by atoms with Gasteiger partial charge in [0, 0.05) is 35.6 Å². The predicted octanol–water partition coefficient (Wildman–Crippen LogP) is 3.23. The number of carbonyl (C=O) groups excluding carboxylic acids is 1. The number of aliphatic hydroxyl groups excluding tert-OH is 2. The van der Waals surface area contributed by atoms with Crippen LogP contribution in [-0.2, 0) is 16.1 Å². The van der Waals surface area contributed by atoms with Gasteiger partial charge < -0.3 is 20.3 Å². The van der Waals surface area contributed by atoms with Gasteiger partial charge in [0.2, 0.25) is 0 Å². The van der Waals surface area contributed by atoms with Gasteiger partial charge in [-0.1, -0.05) is 0 Å². The highest BCUT2D eigenvalue weighted by atomic mass is 32.1. The number of hydrogen-bond donors (Lipinski definition) is 3. The zero-order valence-corrected chi connectivity index (χ0v) is 18.3. The number of anilines is 1. The Balaban J connectivity index is 1.66. The maximum Gasteiger partial charge on any atom is 0.260 e. The molecule has 0 radical (unpaired) electrons. The van der Waals surface area contributed by atoms with Crippen LogP contribution in [0.5, 0.6) is 0 Å². The average molecular weight is 445 g/mol. The van der Waals surface area contributed by atoms with Crippen molar-refractivity contribution < 1.29 is 24.1 Å². The molecule has 3 heterocycles. The van der Waals surface area contributed by atoms with Gasteiger partial charge in [0.1, 0.15) is 17.2 Å². The molecular formula is C23H25FN2O4S. The van der Waals surface area contributed by atoms with Crippen LogP contribution in [0.25, 0.3) is 11.1 Å². The Morgan fingerprint density at radius 2 is 1.94 bits per heavy atom. The first kappa shape index (κ1) is 21.7. The third-order valence-corrected chi connectivity index (χ3v) is 6.36. The van der Waals surface area contributed by atoms with Crippen molar-refractivity contribution >= 4 is 34.1 Å².